The number of carboxylic acids is 1. The first-order valence-corrected chi connectivity index (χ1v) is 7.02. The maximum Gasteiger partial charge on any atom is 0.335 e. The van der Waals surface area contributed by atoms with Crippen LogP contribution in [0.2, 0.25) is 0 Å². The Morgan fingerprint density at radius 3 is 2.29 bits per heavy atom. The fourth-order valence-electron chi connectivity index (χ4n) is 2.36. The highest BCUT2D eigenvalue weighted by Crippen LogP contribution is 2.15. The second-order valence-electron chi connectivity index (χ2n) is 5.60. The average molecular weight is 283 g/mol. The highest BCUT2D eigenvalue weighted by atomic mass is 16.4. The molecule has 2 aromatic rings. The number of hydrogen-bond donors (Lipinski definition) is 1. The van der Waals surface area contributed by atoms with Gasteiger partial charge in [0.1, 0.15) is 0 Å². The second-order valence-corrected chi connectivity index (χ2v) is 5.60. The SMILES string of the molecule is Cc1ccc(CN(C)Cc2ccc(C(=O)O)cc2C)cc1. The number of aryl methyl sites for hydroxylation is 2. The van der Waals surface area contributed by atoms with Crippen LogP contribution in [0.4, 0.5) is 0 Å². The Morgan fingerprint density at radius 2 is 1.71 bits per heavy atom. The van der Waals surface area contributed by atoms with Gasteiger partial charge in [-0.15, -0.1) is 0 Å². The minimum atomic E-state index is -0.877. The highest BCUT2D eigenvalue weighted by Gasteiger charge is 2.08. The third-order valence-corrected chi connectivity index (χ3v) is 3.60. The van der Waals surface area contributed by atoms with Gasteiger partial charge in [0.25, 0.3) is 0 Å². The van der Waals surface area contributed by atoms with Crippen molar-refractivity contribution in [3.63, 3.8) is 0 Å². The zero-order chi connectivity index (χ0) is 15.4. The number of benzene rings is 2. The molecule has 0 aliphatic rings. The molecule has 3 nitrogen and oxygen atoms in total. The van der Waals surface area contributed by atoms with Crippen LogP contribution in [0.1, 0.15) is 32.6 Å². The fourth-order valence-corrected chi connectivity index (χ4v) is 2.36. The molecule has 0 saturated carbocycles. The summed E-state index contributed by atoms with van der Waals surface area (Å²) < 4.78 is 0. The number of carboxylic acid groups (broad SMARTS) is 1. The molecule has 0 aliphatic heterocycles. The molecule has 0 heterocycles. The van der Waals surface area contributed by atoms with Gasteiger partial charge in [-0.25, -0.2) is 4.79 Å². The number of rotatable bonds is 5. The van der Waals surface area contributed by atoms with E-state index in [1.54, 1.807) is 12.1 Å². The summed E-state index contributed by atoms with van der Waals surface area (Å²) in [7, 11) is 2.07. The number of carbonyl (C=O) groups is 1. The summed E-state index contributed by atoms with van der Waals surface area (Å²) in [4.78, 5) is 13.2. The third-order valence-electron chi connectivity index (χ3n) is 3.60. The molecule has 0 aliphatic carbocycles. The van der Waals surface area contributed by atoms with E-state index in [0.29, 0.717) is 5.56 Å². The Kier molecular flexibility index (Phi) is 4.76. The summed E-state index contributed by atoms with van der Waals surface area (Å²) in [5.74, 6) is -0.877. The van der Waals surface area contributed by atoms with Gasteiger partial charge in [0.05, 0.1) is 5.56 Å². The van der Waals surface area contributed by atoms with Crippen LogP contribution < -0.4 is 0 Å². The van der Waals surface area contributed by atoms with Gasteiger partial charge in [-0.3, -0.25) is 4.90 Å². The topological polar surface area (TPSA) is 40.5 Å². The van der Waals surface area contributed by atoms with E-state index >= 15 is 0 Å². The van der Waals surface area contributed by atoms with Crippen molar-refractivity contribution in [2.75, 3.05) is 7.05 Å². The molecule has 0 unspecified atom stereocenters. The Morgan fingerprint density at radius 1 is 1.05 bits per heavy atom. The van der Waals surface area contributed by atoms with Gasteiger partial charge in [0, 0.05) is 13.1 Å². The number of nitrogens with zero attached hydrogens (tertiary/aromatic N) is 1. The van der Waals surface area contributed by atoms with Gasteiger partial charge in [-0.2, -0.15) is 0 Å². The molecule has 0 atom stereocenters. The summed E-state index contributed by atoms with van der Waals surface area (Å²) >= 11 is 0. The number of aromatic carboxylic acids is 1. The molecular formula is C18H21NO2. The first-order valence-electron chi connectivity index (χ1n) is 7.02. The van der Waals surface area contributed by atoms with Crippen molar-refractivity contribution in [3.05, 3.63) is 70.3 Å². The van der Waals surface area contributed by atoms with E-state index in [1.165, 1.54) is 11.1 Å². The first kappa shape index (κ1) is 15.3. The Hall–Kier alpha value is -2.13. The molecule has 2 rings (SSSR count). The lowest BCUT2D eigenvalue weighted by Gasteiger charge is -2.18. The Balaban J connectivity index is 2.04. The van der Waals surface area contributed by atoms with Crippen LogP contribution in [0.25, 0.3) is 0 Å². The van der Waals surface area contributed by atoms with Crippen molar-refractivity contribution in [2.45, 2.75) is 26.9 Å². The third kappa shape index (κ3) is 4.17. The lowest BCUT2D eigenvalue weighted by molar-refractivity contribution is 0.0696. The van der Waals surface area contributed by atoms with E-state index < -0.39 is 5.97 Å². The summed E-state index contributed by atoms with van der Waals surface area (Å²) in [6.45, 7) is 5.72. The van der Waals surface area contributed by atoms with Crippen LogP contribution >= 0.6 is 0 Å². The molecule has 110 valence electrons. The zero-order valence-electron chi connectivity index (χ0n) is 12.8. The van der Waals surface area contributed by atoms with E-state index in [1.807, 2.05) is 13.0 Å². The predicted molar refractivity (Wildman–Crippen MR) is 84.5 cm³/mol. The normalized spacial score (nSPS) is 10.9. The lowest BCUT2D eigenvalue weighted by Crippen LogP contribution is -2.18. The second kappa shape index (κ2) is 6.55. The average Bonchev–Trinajstić information content (AvgIpc) is 2.43. The van der Waals surface area contributed by atoms with E-state index in [9.17, 15) is 4.79 Å². The molecule has 0 aromatic heterocycles. The lowest BCUT2D eigenvalue weighted by atomic mass is 10.0. The van der Waals surface area contributed by atoms with E-state index in [0.717, 1.165) is 24.2 Å². The van der Waals surface area contributed by atoms with Crippen LogP contribution in [-0.4, -0.2) is 23.0 Å². The first-order chi connectivity index (χ1) is 9.95. The molecule has 2 aromatic carbocycles. The monoisotopic (exact) mass is 283 g/mol. The van der Waals surface area contributed by atoms with Crippen molar-refractivity contribution < 1.29 is 9.90 Å². The van der Waals surface area contributed by atoms with Gasteiger partial charge >= 0.3 is 5.97 Å². The molecule has 3 heteroatoms. The molecule has 0 amide bonds. The molecule has 0 fully saturated rings. The minimum absolute atomic E-state index is 0.345. The van der Waals surface area contributed by atoms with E-state index in [4.69, 9.17) is 5.11 Å². The summed E-state index contributed by atoms with van der Waals surface area (Å²) in [6.07, 6.45) is 0. The van der Waals surface area contributed by atoms with Gasteiger partial charge in [0.2, 0.25) is 0 Å². The predicted octanol–water partition coefficient (Wildman–Crippen LogP) is 3.63. The molecule has 0 radical (unpaired) electrons. The Bertz CT molecular complexity index is 632. The van der Waals surface area contributed by atoms with Crippen LogP contribution in [0.5, 0.6) is 0 Å². The summed E-state index contributed by atoms with van der Waals surface area (Å²) in [5.41, 5.74) is 5.07. The molecule has 0 saturated heterocycles. The van der Waals surface area contributed by atoms with Crippen molar-refractivity contribution in [2.24, 2.45) is 0 Å². The van der Waals surface area contributed by atoms with Gasteiger partial charge in [0.15, 0.2) is 0 Å². The van der Waals surface area contributed by atoms with E-state index in [-0.39, 0.29) is 0 Å². The quantitative estimate of drug-likeness (QED) is 0.911. The van der Waals surface area contributed by atoms with Crippen LogP contribution in [0, 0.1) is 13.8 Å². The Labute approximate surface area is 125 Å². The largest absolute Gasteiger partial charge is 0.478 e. The summed E-state index contributed by atoms with van der Waals surface area (Å²) in [5, 5.41) is 8.99. The van der Waals surface area contributed by atoms with Crippen molar-refractivity contribution in [3.8, 4) is 0 Å². The van der Waals surface area contributed by atoms with Crippen molar-refractivity contribution in [1.82, 2.24) is 4.90 Å². The molecular weight excluding hydrogens is 262 g/mol. The highest BCUT2D eigenvalue weighted by molar-refractivity contribution is 5.87. The van der Waals surface area contributed by atoms with Crippen molar-refractivity contribution in [1.29, 1.82) is 0 Å². The molecule has 0 bridgehead atoms. The minimum Gasteiger partial charge on any atom is -0.478 e. The molecule has 0 spiro atoms. The zero-order valence-corrected chi connectivity index (χ0v) is 12.8. The van der Waals surface area contributed by atoms with Gasteiger partial charge < -0.3 is 5.11 Å². The van der Waals surface area contributed by atoms with E-state index in [2.05, 4.69) is 43.1 Å². The maximum absolute atomic E-state index is 10.9. The summed E-state index contributed by atoms with van der Waals surface area (Å²) in [6, 6.07) is 13.8. The van der Waals surface area contributed by atoms with Gasteiger partial charge in [-0.1, -0.05) is 35.9 Å². The maximum atomic E-state index is 10.9. The molecule has 21 heavy (non-hydrogen) atoms. The fraction of sp³-hybridized carbons (Fsp3) is 0.278. The standard InChI is InChI=1S/C18H21NO2/c1-13-4-6-15(7-5-13)11-19(3)12-17-9-8-16(18(20)21)10-14(17)2/h4-10H,11-12H2,1-3H3,(H,20,21). The molecule has 1 N–H and O–H groups in total. The van der Waals surface area contributed by atoms with Crippen molar-refractivity contribution >= 4 is 5.97 Å². The van der Waals surface area contributed by atoms with Crippen LogP contribution in [0.15, 0.2) is 42.5 Å². The number of hydrogen-bond acceptors (Lipinski definition) is 2. The van der Waals surface area contributed by atoms with Gasteiger partial charge in [-0.05, 0) is 49.7 Å². The van der Waals surface area contributed by atoms with Crippen LogP contribution in [-0.2, 0) is 13.1 Å². The smallest absolute Gasteiger partial charge is 0.335 e. The van der Waals surface area contributed by atoms with Crippen LogP contribution in [0.3, 0.4) is 0 Å².